The lowest BCUT2D eigenvalue weighted by Gasteiger charge is -2.23. The first kappa shape index (κ1) is 29.8. The Balaban J connectivity index is 0. The van der Waals surface area contributed by atoms with E-state index in [4.69, 9.17) is 31.9 Å². The zero-order valence-corrected chi connectivity index (χ0v) is 17.0. The fourth-order valence-corrected chi connectivity index (χ4v) is 2.11. The highest BCUT2D eigenvalue weighted by Gasteiger charge is 2.17. The van der Waals surface area contributed by atoms with Gasteiger partial charge in [-0.2, -0.15) is 0 Å². The lowest BCUT2D eigenvalue weighted by molar-refractivity contribution is -0.145. The zero-order chi connectivity index (χ0) is 23.4. The van der Waals surface area contributed by atoms with Gasteiger partial charge in [-0.1, -0.05) is 0 Å². The highest BCUT2D eigenvalue weighted by Crippen LogP contribution is 1.94. The second-order valence-electron chi connectivity index (χ2n) is 6.07. The van der Waals surface area contributed by atoms with Crippen LogP contribution in [0.1, 0.15) is 0 Å². The van der Waals surface area contributed by atoms with E-state index >= 15 is 0 Å². The molecule has 176 valence electrons. The summed E-state index contributed by atoms with van der Waals surface area (Å²) in [4.78, 5) is 44.4. The Labute approximate surface area is 174 Å². The first-order valence-electron chi connectivity index (χ1n) is 9.25. The van der Waals surface area contributed by atoms with Crippen molar-refractivity contribution < 1.29 is 39.6 Å². The highest BCUT2D eigenvalue weighted by atomic mass is 16.4. The van der Waals surface area contributed by atoms with Gasteiger partial charge in [0, 0.05) is 52.4 Å². The van der Waals surface area contributed by atoms with Gasteiger partial charge in [-0.15, -0.1) is 0 Å². The standard InChI is InChI=1S/C10H16N2O8.C6H18N4/c13-7(14)3-11(4-8(15)16)1-2-12(5-9(17)18)6-10(19)20;7-1-3-9-5-6-10-4-2-8/h1-6H2,(H,13,14)(H,15,16)(H,17,18)(H,19,20);9-10H,1-8H2. The smallest absolute Gasteiger partial charge is 0.317 e. The van der Waals surface area contributed by atoms with E-state index < -0.39 is 50.1 Å². The number of aliphatic carboxylic acids is 4. The van der Waals surface area contributed by atoms with E-state index in [-0.39, 0.29) is 13.1 Å². The maximum absolute atomic E-state index is 10.6. The van der Waals surface area contributed by atoms with Crippen molar-refractivity contribution in [3.05, 3.63) is 0 Å². The first-order valence-corrected chi connectivity index (χ1v) is 9.25. The largest absolute Gasteiger partial charge is 0.480 e. The maximum Gasteiger partial charge on any atom is 0.317 e. The van der Waals surface area contributed by atoms with Crippen LogP contribution in [0.25, 0.3) is 0 Å². The van der Waals surface area contributed by atoms with E-state index in [1.165, 1.54) is 0 Å². The number of carboxylic acids is 4. The molecule has 0 spiro atoms. The minimum atomic E-state index is -1.23. The molecule has 0 atom stereocenters. The van der Waals surface area contributed by atoms with Crippen LogP contribution in [0.4, 0.5) is 0 Å². The highest BCUT2D eigenvalue weighted by molar-refractivity contribution is 5.73. The molecule has 30 heavy (non-hydrogen) atoms. The Morgan fingerprint density at radius 2 is 0.833 bits per heavy atom. The van der Waals surface area contributed by atoms with Gasteiger partial charge in [0.25, 0.3) is 0 Å². The molecule has 0 aromatic carbocycles. The summed E-state index contributed by atoms with van der Waals surface area (Å²) >= 11 is 0. The Morgan fingerprint density at radius 1 is 0.567 bits per heavy atom. The van der Waals surface area contributed by atoms with E-state index in [2.05, 4.69) is 10.6 Å². The predicted molar refractivity (Wildman–Crippen MR) is 107 cm³/mol. The molecule has 10 N–H and O–H groups in total. The third kappa shape index (κ3) is 23.7. The molecule has 0 saturated heterocycles. The monoisotopic (exact) mass is 438 g/mol. The average Bonchev–Trinajstić information content (AvgIpc) is 2.61. The predicted octanol–water partition coefficient (Wildman–Crippen LogP) is -3.99. The molecule has 0 rings (SSSR count). The minimum absolute atomic E-state index is 0.0703. The SMILES string of the molecule is NCCNCCNCCN.O=C(O)CN(CCN(CC(=O)O)CC(=O)O)CC(=O)O. The van der Waals surface area contributed by atoms with Crippen LogP contribution in [0.15, 0.2) is 0 Å². The van der Waals surface area contributed by atoms with Gasteiger partial charge >= 0.3 is 23.9 Å². The van der Waals surface area contributed by atoms with E-state index in [9.17, 15) is 19.2 Å². The molecule has 0 aliphatic rings. The molecule has 0 aromatic rings. The lowest BCUT2D eigenvalue weighted by atomic mass is 10.4. The second kappa shape index (κ2) is 19.9. The van der Waals surface area contributed by atoms with Crippen LogP contribution in [-0.4, -0.2) is 133 Å². The third-order valence-corrected chi connectivity index (χ3v) is 3.29. The summed E-state index contributed by atoms with van der Waals surface area (Å²) in [7, 11) is 0. The molecule has 0 bridgehead atoms. The fourth-order valence-electron chi connectivity index (χ4n) is 2.11. The minimum Gasteiger partial charge on any atom is -0.480 e. The van der Waals surface area contributed by atoms with Gasteiger partial charge in [0.1, 0.15) is 0 Å². The van der Waals surface area contributed by atoms with Gasteiger partial charge in [0.2, 0.25) is 0 Å². The van der Waals surface area contributed by atoms with E-state index in [0.717, 1.165) is 36.0 Å². The van der Waals surface area contributed by atoms with Crippen molar-refractivity contribution in [2.45, 2.75) is 0 Å². The van der Waals surface area contributed by atoms with Crippen LogP contribution in [0, 0.1) is 0 Å². The fraction of sp³-hybridized carbons (Fsp3) is 0.750. The molecule has 0 aliphatic heterocycles. The zero-order valence-electron chi connectivity index (χ0n) is 17.0. The number of carboxylic acid groups (broad SMARTS) is 4. The summed E-state index contributed by atoms with van der Waals surface area (Å²) in [5, 5.41) is 40.8. The second-order valence-corrected chi connectivity index (χ2v) is 6.07. The molecule has 0 fully saturated rings. The van der Waals surface area contributed by atoms with E-state index in [1.54, 1.807) is 0 Å². The molecule has 0 radical (unpaired) electrons. The van der Waals surface area contributed by atoms with Gasteiger partial charge in [-0.25, -0.2) is 0 Å². The molecule has 0 heterocycles. The first-order chi connectivity index (χ1) is 14.1. The van der Waals surface area contributed by atoms with Crippen LogP contribution >= 0.6 is 0 Å². The summed E-state index contributed by atoms with van der Waals surface area (Å²) in [6.07, 6.45) is 0. The molecule has 14 heteroatoms. The molecule has 0 saturated carbocycles. The number of nitrogens with zero attached hydrogens (tertiary/aromatic N) is 2. The number of hydrogen-bond donors (Lipinski definition) is 8. The van der Waals surface area contributed by atoms with Crippen molar-refractivity contribution in [3.63, 3.8) is 0 Å². The van der Waals surface area contributed by atoms with Crippen molar-refractivity contribution in [2.24, 2.45) is 11.5 Å². The number of carbonyl (C=O) groups is 4. The summed E-state index contributed by atoms with van der Waals surface area (Å²) in [5.41, 5.74) is 10.5. The summed E-state index contributed by atoms with van der Waals surface area (Å²) in [6.45, 7) is 2.89. The van der Waals surface area contributed by atoms with Crippen molar-refractivity contribution in [1.82, 2.24) is 20.4 Å². The van der Waals surface area contributed by atoms with Crippen LogP contribution in [-0.2, 0) is 19.2 Å². The molecule has 0 aliphatic carbocycles. The Bertz CT molecular complexity index is 432. The van der Waals surface area contributed by atoms with Crippen LogP contribution < -0.4 is 22.1 Å². The lowest BCUT2D eigenvalue weighted by Crippen LogP contribution is -2.43. The molecule has 0 aromatic heterocycles. The molecule has 0 unspecified atom stereocenters. The number of nitrogens with two attached hydrogens (primary N) is 2. The molecule has 0 amide bonds. The topological polar surface area (TPSA) is 232 Å². The normalized spacial score (nSPS) is 10.5. The van der Waals surface area contributed by atoms with Gasteiger partial charge < -0.3 is 42.5 Å². The van der Waals surface area contributed by atoms with Crippen LogP contribution in [0.3, 0.4) is 0 Å². The van der Waals surface area contributed by atoms with Gasteiger partial charge in [-0.05, 0) is 0 Å². The summed E-state index contributed by atoms with van der Waals surface area (Å²) in [5.74, 6) is -4.91. The molecule has 14 nitrogen and oxygen atoms in total. The summed E-state index contributed by atoms with van der Waals surface area (Å²) in [6, 6.07) is 0. The quantitative estimate of drug-likeness (QED) is 0.0953. The number of nitrogens with one attached hydrogen (secondary N) is 2. The van der Waals surface area contributed by atoms with Crippen molar-refractivity contribution in [3.8, 4) is 0 Å². The van der Waals surface area contributed by atoms with Gasteiger partial charge in [0.05, 0.1) is 26.2 Å². The molecular formula is C16H34N6O8. The number of hydrogen-bond acceptors (Lipinski definition) is 10. The maximum atomic E-state index is 10.6. The van der Waals surface area contributed by atoms with Crippen LogP contribution in [0.2, 0.25) is 0 Å². The van der Waals surface area contributed by atoms with Crippen molar-refractivity contribution >= 4 is 23.9 Å². The van der Waals surface area contributed by atoms with Crippen LogP contribution in [0.5, 0.6) is 0 Å². The van der Waals surface area contributed by atoms with E-state index in [1.807, 2.05) is 0 Å². The third-order valence-electron chi connectivity index (χ3n) is 3.29. The van der Waals surface area contributed by atoms with Crippen molar-refractivity contribution in [2.75, 3.05) is 78.5 Å². The Kier molecular flexibility index (Phi) is 19.8. The summed E-state index contributed by atoms with van der Waals surface area (Å²) < 4.78 is 0. The van der Waals surface area contributed by atoms with Crippen molar-refractivity contribution in [1.29, 1.82) is 0 Å². The number of rotatable bonds is 18. The molecular weight excluding hydrogens is 404 g/mol. The van der Waals surface area contributed by atoms with Gasteiger partial charge in [0.15, 0.2) is 0 Å². The average molecular weight is 438 g/mol. The Hall–Kier alpha value is -2.36. The Morgan fingerprint density at radius 3 is 1.03 bits per heavy atom. The van der Waals surface area contributed by atoms with Gasteiger partial charge in [-0.3, -0.25) is 29.0 Å². The van der Waals surface area contributed by atoms with E-state index in [0.29, 0.717) is 13.1 Å².